The third-order valence-electron chi connectivity index (χ3n) is 2.29. The smallest absolute Gasteiger partial charge is 0.308 e. The number of ether oxygens (including phenoxy) is 2. The van der Waals surface area contributed by atoms with Crippen molar-refractivity contribution in [2.75, 3.05) is 13.8 Å². The molecule has 1 atom stereocenters. The first-order chi connectivity index (χ1) is 8.08. The molecule has 0 saturated carbocycles. The van der Waals surface area contributed by atoms with Crippen LogP contribution in [-0.4, -0.2) is 19.8 Å². The Morgan fingerprint density at radius 2 is 2.11 bits per heavy atom. The summed E-state index contributed by atoms with van der Waals surface area (Å²) >= 11 is 0. The predicted molar refractivity (Wildman–Crippen MR) is 69.1 cm³/mol. The number of nitrogens with two attached hydrogens (primary N) is 1. The fourth-order valence-electron chi connectivity index (χ4n) is 1.44. The van der Waals surface area contributed by atoms with Gasteiger partial charge in [0.1, 0.15) is 0 Å². The molecule has 1 rings (SSSR count). The van der Waals surface area contributed by atoms with Gasteiger partial charge in [0.25, 0.3) is 0 Å². The molecule has 0 spiro atoms. The normalized spacial score (nSPS) is 11.3. The molecule has 0 amide bonds. The molecule has 4 nitrogen and oxygen atoms in total. The molecule has 6 heteroatoms. The van der Waals surface area contributed by atoms with E-state index in [2.05, 4.69) is 0 Å². The van der Waals surface area contributed by atoms with Crippen molar-refractivity contribution in [3.05, 3.63) is 23.8 Å². The van der Waals surface area contributed by atoms with Crippen molar-refractivity contribution < 1.29 is 18.7 Å². The minimum atomic E-state index is -0.477. The summed E-state index contributed by atoms with van der Waals surface area (Å²) < 4.78 is 22.2. The Balaban J connectivity index is 0.00000289. The second kappa shape index (κ2) is 7.89. The quantitative estimate of drug-likeness (QED) is 0.663. The SMILES string of the molecule is COc1cc([C@H](N)CCF)ccc1OC(C)=O.Cl. The van der Waals surface area contributed by atoms with Gasteiger partial charge in [-0.1, -0.05) is 6.07 Å². The van der Waals surface area contributed by atoms with Crippen molar-refractivity contribution in [2.45, 2.75) is 19.4 Å². The molecule has 0 heterocycles. The van der Waals surface area contributed by atoms with Gasteiger partial charge in [0.2, 0.25) is 0 Å². The first-order valence-corrected chi connectivity index (χ1v) is 5.26. The molecular weight excluding hydrogens is 261 g/mol. The Labute approximate surface area is 112 Å². The number of hydrogen-bond donors (Lipinski definition) is 1. The summed E-state index contributed by atoms with van der Waals surface area (Å²) in [7, 11) is 1.47. The minimum Gasteiger partial charge on any atom is -0.493 e. The van der Waals surface area contributed by atoms with Gasteiger partial charge in [-0.25, -0.2) is 0 Å². The van der Waals surface area contributed by atoms with E-state index in [0.29, 0.717) is 11.5 Å². The number of benzene rings is 1. The molecule has 18 heavy (non-hydrogen) atoms. The number of alkyl halides is 1. The summed E-state index contributed by atoms with van der Waals surface area (Å²) in [5.41, 5.74) is 6.52. The van der Waals surface area contributed by atoms with Gasteiger partial charge in [0, 0.05) is 13.0 Å². The van der Waals surface area contributed by atoms with Crippen LogP contribution in [0.25, 0.3) is 0 Å². The molecule has 0 aliphatic rings. The lowest BCUT2D eigenvalue weighted by Gasteiger charge is -2.13. The van der Waals surface area contributed by atoms with Gasteiger partial charge in [-0.15, -0.1) is 12.4 Å². The first-order valence-electron chi connectivity index (χ1n) is 5.26. The molecule has 0 bridgehead atoms. The molecule has 0 aliphatic heterocycles. The van der Waals surface area contributed by atoms with E-state index in [1.165, 1.54) is 14.0 Å². The summed E-state index contributed by atoms with van der Waals surface area (Å²) in [5, 5.41) is 0. The van der Waals surface area contributed by atoms with Gasteiger partial charge >= 0.3 is 5.97 Å². The maximum absolute atomic E-state index is 12.2. The number of rotatable bonds is 5. The van der Waals surface area contributed by atoms with Gasteiger partial charge in [0.15, 0.2) is 11.5 Å². The molecule has 0 fully saturated rings. The van der Waals surface area contributed by atoms with Gasteiger partial charge in [-0.3, -0.25) is 9.18 Å². The Morgan fingerprint density at radius 1 is 1.44 bits per heavy atom. The highest BCUT2D eigenvalue weighted by Crippen LogP contribution is 2.30. The van der Waals surface area contributed by atoms with E-state index in [1.54, 1.807) is 18.2 Å². The van der Waals surface area contributed by atoms with Gasteiger partial charge < -0.3 is 15.2 Å². The number of esters is 1. The van der Waals surface area contributed by atoms with Crippen molar-refractivity contribution in [3.63, 3.8) is 0 Å². The summed E-state index contributed by atoms with van der Waals surface area (Å²) in [5.74, 6) is 0.312. The van der Waals surface area contributed by atoms with E-state index < -0.39 is 12.6 Å². The fourth-order valence-corrected chi connectivity index (χ4v) is 1.44. The monoisotopic (exact) mass is 277 g/mol. The van der Waals surface area contributed by atoms with Crippen molar-refractivity contribution in [1.82, 2.24) is 0 Å². The molecule has 0 aliphatic carbocycles. The van der Waals surface area contributed by atoms with Gasteiger partial charge in [-0.2, -0.15) is 0 Å². The van der Waals surface area contributed by atoms with Crippen LogP contribution in [0.5, 0.6) is 11.5 Å². The zero-order chi connectivity index (χ0) is 12.8. The van der Waals surface area contributed by atoms with E-state index in [9.17, 15) is 9.18 Å². The van der Waals surface area contributed by atoms with Crippen molar-refractivity contribution >= 4 is 18.4 Å². The average Bonchev–Trinajstić information content (AvgIpc) is 2.29. The van der Waals surface area contributed by atoms with Crippen LogP contribution in [0.1, 0.15) is 24.9 Å². The van der Waals surface area contributed by atoms with Crippen molar-refractivity contribution in [1.29, 1.82) is 0 Å². The van der Waals surface area contributed by atoms with E-state index in [1.807, 2.05) is 0 Å². The van der Waals surface area contributed by atoms with Crippen LogP contribution in [0.3, 0.4) is 0 Å². The third kappa shape index (κ3) is 4.50. The van der Waals surface area contributed by atoms with Crippen LogP contribution in [0.2, 0.25) is 0 Å². The van der Waals surface area contributed by atoms with Crippen LogP contribution >= 0.6 is 12.4 Å². The van der Waals surface area contributed by atoms with Crippen LogP contribution in [-0.2, 0) is 4.79 Å². The number of carbonyl (C=O) groups excluding carboxylic acids is 1. The number of carbonyl (C=O) groups is 1. The lowest BCUT2D eigenvalue weighted by molar-refractivity contribution is -0.132. The van der Waals surface area contributed by atoms with Crippen molar-refractivity contribution in [2.24, 2.45) is 5.73 Å². The number of halogens is 2. The van der Waals surface area contributed by atoms with Crippen LogP contribution in [0.4, 0.5) is 4.39 Å². The second-order valence-electron chi connectivity index (χ2n) is 3.59. The summed E-state index contributed by atoms with van der Waals surface area (Å²) in [6.07, 6.45) is 0.246. The van der Waals surface area contributed by atoms with E-state index in [-0.39, 0.29) is 24.9 Å². The number of hydrogen-bond acceptors (Lipinski definition) is 4. The molecule has 0 saturated heterocycles. The predicted octanol–water partition coefficient (Wildman–Crippen LogP) is 2.40. The molecule has 102 valence electrons. The highest BCUT2D eigenvalue weighted by atomic mass is 35.5. The van der Waals surface area contributed by atoms with Gasteiger partial charge in [0.05, 0.1) is 13.8 Å². The average molecular weight is 278 g/mol. The molecule has 0 unspecified atom stereocenters. The standard InChI is InChI=1S/C12H16FNO3.ClH/c1-8(15)17-11-4-3-9(7-12(11)16-2)10(14)5-6-13;/h3-4,7,10H,5-6,14H2,1-2H3;1H/t10-;/m1./s1. The summed E-state index contributed by atoms with van der Waals surface area (Å²) in [6.45, 7) is 0.831. The number of methoxy groups -OCH3 is 1. The van der Waals surface area contributed by atoms with E-state index in [4.69, 9.17) is 15.2 Å². The maximum atomic E-state index is 12.2. The molecule has 0 aromatic heterocycles. The van der Waals surface area contributed by atoms with Gasteiger partial charge in [-0.05, 0) is 24.1 Å². The Morgan fingerprint density at radius 3 is 2.61 bits per heavy atom. The zero-order valence-corrected chi connectivity index (χ0v) is 11.1. The minimum absolute atomic E-state index is 0. The third-order valence-corrected chi connectivity index (χ3v) is 2.29. The Bertz CT molecular complexity index is 401. The first kappa shape index (κ1) is 16.7. The van der Waals surface area contributed by atoms with Crippen molar-refractivity contribution in [3.8, 4) is 11.5 Å². The van der Waals surface area contributed by atoms with Crippen LogP contribution < -0.4 is 15.2 Å². The lowest BCUT2D eigenvalue weighted by Crippen LogP contribution is -2.11. The molecule has 1 aromatic carbocycles. The molecular formula is C12H17ClFNO3. The maximum Gasteiger partial charge on any atom is 0.308 e. The highest BCUT2D eigenvalue weighted by Gasteiger charge is 2.12. The molecule has 2 N–H and O–H groups in total. The second-order valence-corrected chi connectivity index (χ2v) is 3.59. The van der Waals surface area contributed by atoms with Crippen LogP contribution in [0, 0.1) is 0 Å². The summed E-state index contributed by atoms with van der Waals surface area (Å²) in [6, 6.07) is 4.55. The highest BCUT2D eigenvalue weighted by molar-refractivity contribution is 5.85. The largest absolute Gasteiger partial charge is 0.493 e. The zero-order valence-electron chi connectivity index (χ0n) is 10.3. The summed E-state index contributed by atoms with van der Waals surface area (Å²) in [4.78, 5) is 10.9. The Kier molecular flexibility index (Phi) is 7.31. The molecule has 0 radical (unpaired) electrons. The van der Waals surface area contributed by atoms with Crippen LogP contribution in [0.15, 0.2) is 18.2 Å². The van der Waals surface area contributed by atoms with E-state index in [0.717, 1.165) is 5.56 Å². The topological polar surface area (TPSA) is 61.6 Å². The van der Waals surface area contributed by atoms with E-state index >= 15 is 0 Å². The lowest BCUT2D eigenvalue weighted by atomic mass is 10.0. The fraction of sp³-hybridized carbons (Fsp3) is 0.417. The Hall–Kier alpha value is -1.33. The molecule has 1 aromatic rings.